The topological polar surface area (TPSA) is 126 Å². The minimum atomic E-state index is -1.02. The van der Waals surface area contributed by atoms with E-state index in [1.165, 1.54) is 6.92 Å². The van der Waals surface area contributed by atoms with Crippen molar-refractivity contribution in [2.75, 3.05) is 6.54 Å². The molecule has 1 amide bonds. The molecule has 66 heavy (non-hydrogen) atoms. The Morgan fingerprint density at radius 2 is 1.44 bits per heavy atom. The lowest BCUT2D eigenvalue weighted by molar-refractivity contribution is -0.235. The van der Waals surface area contributed by atoms with Crippen molar-refractivity contribution in [3.8, 4) is 0 Å². The summed E-state index contributed by atoms with van der Waals surface area (Å²) < 4.78 is 24.5. The van der Waals surface area contributed by atoms with E-state index in [2.05, 4.69) is 48.5 Å². The minimum absolute atomic E-state index is 0.0225. The summed E-state index contributed by atoms with van der Waals surface area (Å²) >= 11 is 6.69. The molecule has 4 fully saturated rings. The summed E-state index contributed by atoms with van der Waals surface area (Å²) in [6, 6.07) is 7.41. The smallest absolute Gasteiger partial charge is 0.410 e. The van der Waals surface area contributed by atoms with Crippen LogP contribution in [0.3, 0.4) is 0 Å². The lowest BCUT2D eigenvalue weighted by Gasteiger charge is -2.72. The van der Waals surface area contributed by atoms with Gasteiger partial charge in [0, 0.05) is 29.2 Å². The fraction of sp³-hybridized carbons (Fsp3) is 0.764. The molecule has 0 spiro atoms. The first-order valence-electron chi connectivity index (χ1n) is 24.8. The van der Waals surface area contributed by atoms with Gasteiger partial charge in [-0.25, -0.2) is 4.79 Å². The Bertz CT molecular complexity index is 2110. The number of esters is 3. The Hall–Kier alpha value is -3.40. The van der Waals surface area contributed by atoms with Crippen LogP contribution in [0.15, 0.2) is 35.4 Å². The summed E-state index contributed by atoms with van der Waals surface area (Å²) in [7, 11) is 0. The molecule has 0 N–H and O–H groups in total. The molecule has 5 aliphatic rings. The molecule has 0 heterocycles. The molecule has 6 rings (SSSR count). The Balaban J connectivity index is 1.32. The van der Waals surface area contributed by atoms with E-state index in [9.17, 15) is 24.0 Å². The highest BCUT2D eigenvalue weighted by Gasteiger charge is 2.71. The molecule has 10 nitrogen and oxygen atoms in total. The number of fused-ring (bicyclic) bond motifs is 7. The molecule has 0 aliphatic heterocycles. The third-order valence-corrected chi connectivity index (χ3v) is 17.9. The monoisotopic (exact) mass is 936 g/mol. The second-order valence-corrected chi connectivity index (χ2v) is 25.7. The Labute approximate surface area is 401 Å². The third kappa shape index (κ3) is 9.49. The molecule has 9 atom stereocenters. The minimum Gasteiger partial charge on any atom is -0.462 e. The molecule has 0 aromatic heterocycles. The van der Waals surface area contributed by atoms with Gasteiger partial charge in [-0.1, -0.05) is 78.3 Å². The van der Waals surface area contributed by atoms with Crippen LogP contribution in [-0.2, 0) is 44.7 Å². The van der Waals surface area contributed by atoms with Gasteiger partial charge < -0.3 is 23.8 Å². The van der Waals surface area contributed by atoms with E-state index in [1.54, 1.807) is 24.8 Å². The van der Waals surface area contributed by atoms with Gasteiger partial charge in [0.15, 0.2) is 5.78 Å². The van der Waals surface area contributed by atoms with Crippen molar-refractivity contribution in [1.29, 1.82) is 0 Å². The average Bonchev–Trinajstić information content (AvgIpc) is 3.48. The maximum atomic E-state index is 14.7. The molecule has 4 saturated carbocycles. The third-order valence-electron chi connectivity index (χ3n) is 17.5. The number of Topliss-reactive ketones (excluding diaryl/α,β-unsaturated/α-hetero) is 1. The zero-order valence-corrected chi connectivity index (χ0v) is 44.0. The summed E-state index contributed by atoms with van der Waals surface area (Å²) in [5.41, 5.74) is -1.03. The predicted molar refractivity (Wildman–Crippen MR) is 257 cm³/mol. The zero-order valence-electron chi connectivity index (χ0n) is 43.3. The standard InChI is InChI=1S/C55H82ClNO9/c1-33(2)44-38(59)29-55(42(63-34(3)58)32-57(47(62)66-49(7,8)9)31-35-19-17-18-20-37(35)56)28-27-53(15)36(45(44)55)21-22-40-52(14)25-24-41(51(12,13)39(52)23-26-54(40,53)16)64-43(60)30-50(10,11)46(61)65-48(4,5)6/h17-20,33,36,39-42H,21-32H2,1-16H3/t36-,39+,40-,41+,42+,52+,53-,54-,55+/m1/s1. The largest absolute Gasteiger partial charge is 0.462 e. The molecule has 0 radical (unpaired) electrons. The number of carbonyl (C=O) groups is 5. The van der Waals surface area contributed by atoms with Gasteiger partial charge in [-0.05, 0) is 169 Å². The molecular weight excluding hydrogens is 854 g/mol. The summed E-state index contributed by atoms with van der Waals surface area (Å²) in [6.07, 6.45) is 5.63. The van der Waals surface area contributed by atoms with Crippen LogP contribution in [-0.4, -0.2) is 64.6 Å². The van der Waals surface area contributed by atoms with Crippen LogP contribution in [0.4, 0.5) is 4.79 Å². The van der Waals surface area contributed by atoms with E-state index < -0.39 is 46.2 Å². The fourth-order valence-corrected chi connectivity index (χ4v) is 14.6. The number of rotatable bonds is 11. The van der Waals surface area contributed by atoms with Crippen molar-refractivity contribution < 1.29 is 42.9 Å². The second-order valence-electron chi connectivity index (χ2n) is 25.3. The number of carbonyl (C=O) groups excluding carboxylic acids is 5. The van der Waals surface area contributed by atoms with Crippen LogP contribution in [0.5, 0.6) is 0 Å². The van der Waals surface area contributed by atoms with Crippen LogP contribution >= 0.6 is 11.6 Å². The quantitative estimate of drug-likeness (QED) is 0.157. The maximum Gasteiger partial charge on any atom is 0.410 e. The van der Waals surface area contributed by atoms with Crippen molar-refractivity contribution in [2.45, 2.75) is 205 Å². The second kappa shape index (κ2) is 17.8. The Kier molecular flexibility index (Phi) is 14.1. The van der Waals surface area contributed by atoms with Crippen molar-refractivity contribution in [1.82, 2.24) is 4.90 Å². The van der Waals surface area contributed by atoms with E-state index in [4.69, 9.17) is 30.5 Å². The number of allylic oxidation sites excluding steroid dienone is 1. The van der Waals surface area contributed by atoms with Gasteiger partial charge in [-0.15, -0.1) is 0 Å². The summed E-state index contributed by atoms with van der Waals surface area (Å²) in [4.78, 5) is 70.4. The summed E-state index contributed by atoms with van der Waals surface area (Å²) in [5.74, 6) is -0.372. The number of nitrogens with zero attached hydrogens (tertiary/aromatic N) is 1. The van der Waals surface area contributed by atoms with Crippen LogP contribution in [0, 0.1) is 56.2 Å². The highest BCUT2D eigenvalue weighted by atomic mass is 35.5. The first kappa shape index (κ1) is 52.0. The normalized spacial score (nSPS) is 32.3. The van der Waals surface area contributed by atoms with Crippen LogP contribution in [0.2, 0.25) is 5.02 Å². The molecule has 368 valence electrons. The first-order chi connectivity index (χ1) is 30.2. The number of hydrogen-bond donors (Lipinski definition) is 0. The van der Waals surface area contributed by atoms with Gasteiger partial charge in [0.05, 0.1) is 24.9 Å². The van der Waals surface area contributed by atoms with E-state index >= 15 is 0 Å². The molecule has 5 aliphatic carbocycles. The van der Waals surface area contributed by atoms with Crippen molar-refractivity contribution in [2.24, 2.45) is 56.2 Å². The predicted octanol–water partition coefficient (Wildman–Crippen LogP) is 12.7. The first-order valence-corrected chi connectivity index (χ1v) is 25.2. The number of hydrogen-bond acceptors (Lipinski definition) is 9. The molecule has 11 heteroatoms. The molecule has 1 aromatic carbocycles. The Morgan fingerprint density at radius 1 is 0.803 bits per heavy atom. The van der Waals surface area contributed by atoms with Crippen molar-refractivity contribution >= 4 is 41.4 Å². The number of amides is 1. The van der Waals surface area contributed by atoms with E-state index in [0.717, 1.165) is 61.7 Å². The lowest BCUT2D eigenvalue weighted by Crippen LogP contribution is -2.66. The van der Waals surface area contributed by atoms with Crippen molar-refractivity contribution in [3.63, 3.8) is 0 Å². The molecule has 0 bridgehead atoms. The number of ether oxygens (including phenoxy) is 4. The highest BCUT2D eigenvalue weighted by molar-refractivity contribution is 6.31. The fourth-order valence-electron chi connectivity index (χ4n) is 14.4. The lowest BCUT2D eigenvalue weighted by atomic mass is 9.33. The summed E-state index contributed by atoms with van der Waals surface area (Å²) in [5, 5.41) is 0.519. The van der Waals surface area contributed by atoms with E-state index in [-0.39, 0.29) is 77.3 Å². The molecular formula is C55H82ClNO9. The van der Waals surface area contributed by atoms with E-state index in [1.807, 2.05) is 59.7 Å². The number of benzene rings is 1. The van der Waals surface area contributed by atoms with Gasteiger partial charge in [-0.3, -0.25) is 19.2 Å². The zero-order chi connectivity index (χ0) is 49.4. The molecule has 0 unspecified atom stereocenters. The van der Waals surface area contributed by atoms with Gasteiger partial charge in [0.2, 0.25) is 0 Å². The van der Waals surface area contributed by atoms with Crippen molar-refractivity contribution in [3.05, 3.63) is 46.0 Å². The van der Waals surface area contributed by atoms with Gasteiger partial charge in [0.25, 0.3) is 0 Å². The Morgan fingerprint density at radius 3 is 2.03 bits per heavy atom. The van der Waals surface area contributed by atoms with Crippen LogP contribution in [0.25, 0.3) is 0 Å². The van der Waals surface area contributed by atoms with Crippen LogP contribution < -0.4 is 0 Å². The SMILES string of the molecule is CC(=O)O[C@@H](CN(Cc1ccccc1Cl)C(=O)OC(C)(C)C)[C@@]12CC[C@]3(C)[C@H](CC[C@@H]4[C@@]5(C)CC[C@H](OC(=O)CC(C)(C)C(=O)OC(C)(C)C)C(C)(C)[C@@H]5CC[C@]43C)C1=C(C(C)C)C(=O)C2. The van der Waals surface area contributed by atoms with Gasteiger partial charge in [-0.2, -0.15) is 0 Å². The maximum absolute atomic E-state index is 14.7. The van der Waals surface area contributed by atoms with Gasteiger partial charge >= 0.3 is 24.0 Å². The molecule has 0 saturated heterocycles. The highest BCUT2D eigenvalue weighted by Crippen LogP contribution is 2.77. The van der Waals surface area contributed by atoms with E-state index in [0.29, 0.717) is 23.3 Å². The average molecular weight is 937 g/mol. The van der Waals surface area contributed by atoms with Crippen LogP contribution in [0.1, 0.15) is 181 Å². The number of ketones is 1. The molecule has 1 aromatic rings. The summed E-state index contributed by atoms with van der Waals surface area (Å²) in [6.45, 7) is 32.4. The number of halogens is 1. The van der Waals surface area contributed by atoms with Gasteiger partial charge in [0.1, 0.15) is 23.4 Å².